The number of hydrogen-bond acceptors (Lipinski definition) is 3. The Morgan fingerprint density at radius 3 is 2.46 bits per heavy atom. The van der Waals surface area contributed by atoms with E-state index in [-0.39, 0.29) is 12.5 Å². The Labute approximate surface area is 148 Å². The lowest BCUT2D eigenvalue weighted by atomic mass is 10.1. The minimum atomic E-state index is -3.98. The molecule has 0 unspecified atom stereocenters. The van der Waals surface area contributed by atoms with Gasteiger partial charge in [0.05, 0.1) is 0 Å². The maximum Gasteiger partial charge on any atom is 0.251 e. The summed E-state index contributed by atoms with van der Waals surface area (Å²) in [5.74, 6) is -1.02. The van der Waals surface area contributed by atoms with Crippen molar-refractivity contribution in [2.75, 3.05) is 6.54 Å². The van der Waals surface area contributed by atoms with Crippen molar-refractivity contribution in [2.24, 2.45) is 0 Å². The van der Waals surface area contributed by atoms with Gasteiger partial charge in [-0.25, -0.2) is 17.5 Å². The lowest BCUT2D eigenvalue weighted by molar-refractivity contribution is 0.0956. The van der Waals surface area contributed by atoms with Gasteiger partial charge in [0.25, 0.3) is 5.91 Å². The standard InChI is InChI=1S/C16H16BrFN2O3S/c1-2-19-16(21)12-5-3-11(4-6-12)10-20-24(22,23)15-9-13(17)7-8-14(15)18/h3-9,20H,2,10H2,1H3,(H,19,21). The molecule has 2 aromatic rings. The van der Waals surface area contributed by atoms with Crippen LogP contribution in [0.2, 0.25) is 0 Å². The van der Waals surface area contributed by atoms with Gasteiger partial charge in [-0.15, -0.1) is 0 Å². The minimum Gasteiger partial charge on any atom is -0.352 e. The van der Waals surface area contributed by atoms with Gasteiger partial charge in [-0.2, -0.15) is 0 Å². The summed E-state index contributed by atoms with van der Waals surface area (Å²) in [6.07, 6.45) is 0. The van der Waals surface area contributed by atoms with Gasteiger partial charge in [0.15, 0.2) is 0 Å². The van der Waals surface area contributed by atoms with Gasteiger partial charge in [-0.3, -0.25) is 4.79 Å². The molecule has 0 aliphatic rings. The van der Waals surface area contributed by atoms with Crippen LogP contribution in [0.5, 0.6) is 0 Å². The van der Waals surface area contributed by atoms with Crippen molar-refractivity contribution in [1.82, 2.24) is 10.0 Å². The molecule has 2 aromatic carbocycles. The first-order valence-electron chi connectivity index (χ1n) is 7.15. The van der Waals surface area contributed by atoms with Crippen molar-refractivity contribution in [2.45, 2.75) is 18.4 Å². The fraction of sp³-hybridized carbons (Fsp3) is 0.188. The van der Waals surface area contributed by atoms with Crippen molar-refractivity contribution in [3.8, 4) is 0 Å². The highest BCUT2D eigenvalue weighted by Crippen LogP contribution is 2.20. The van der Waals surface area contributed by atoms with Crippen molar-refractivity contribution in [3.63, 3.8) is 0 Å². The average molecular weight is 415 g/mol. The molecule has 1 amide bonds. The molecule has 2 N–H and O–H groups in total. The van der Waals surface area contributed by atoms with Gasteiger partial charge in [0.1, 0.15) is 10.7 Å². The van der Waals surface area contributed by atoms with Gasteiger partial charge in [0, 0.05) is 23.1 Å². The van der Waals surface area contributed by atoms with Crippen LogP contribution in [-0.4, -0.2) is 20.9 Å². The number of benzene rings is 2. The summed E-state index contributed by atoms with van der Waals surface area (Å²) in [5, 5.41) is 2.67. The first kappa shape index (κ1) is 18.6. The Balaban J connectivity index is 2.09. The third kappa shape index (κ3) is 4.62. The van der Waals surface area contributed by atoms with Crippen LogP contribution < -0.4 is 10.0 Å². The summed E-state index contributed by atoms with van der Waals surface area (Å²) >= 11 is 3.12. The van der Waals surface area contributed by atoms with Crippen molar-refractivity contribution in [1.29, 1.82) is 0 Å². The van der Waals surface area contributed by atoms with Crippen LogP contribution >= 0.6 is 15.9 Å². The first-order valence-corrected chi connectivity index (χ1v) is 9.43. The Kier molecular flexibility index (Phi) is 6.09. The van der Waals surface area contributed by atoms with E-state index >= 15 is 0 Å². The zero-order valence-electron chi connectivity index (χ0n) is 12.8. The number of carbonyl (C=O) groups excluding carboxylic acids is 1. The average Bonchev–Trinajstić information content (AvgIpc) is 2.56. The first-order chi connectivity index (χ1) is 11.3. The van der Waals surface area contributed by atoms with E-state index < -0.39 is 20.7 Å². The molecule has 0 saturated heterocycles. The van der Waals surface area contributed by atoms with Crippen LogP contribution in [0.4, 0.5) is 4.39 Å². The largest absolute Gasteiger partial charge is 0.352 e. The molecule has 0 spiro atoms. The summed E-state index contributed by atoms with van der Waals surface area (Å²) in [6, 6.07) is 10.2. The molecule has 24 heavy (non-hydrogen) atoms. The van der Waals surface area contributed by atoms with Gasteiger partial charge in [-0.05, 0) is 42.8 Å². The summed E-state index contributed by atoms with van der Waals surface area (Å²) in [4.78, 5) is 11.2. The summed E-state index contributed by atoms with van der Waals surface area (Å²) in [6.45, 7) is 2.34. The van der Waals surface area contributed by atoms with Crippen LogP contribution in [0.25, 0.3) is 0 Å². The molecule has 5 nitrogen and oxygen atoms in total. The minimum absolute atomic E-state index is 0.00996. The lowest BCUT2D eigenvalue weighted by Crippen LogP contribution is -2.24. The van der Waals surface area contributed by atoms with Gasteiger partial charge in [-0.1, -0.05) is 28.1 Å². The van der Waals surface area contributed by atoms with Crippen LogP contribution in [0.15, 0.2) is 51.8 Å². The van der Waals surface area contributed by atoms with E-state index in [0.717, 1.165) is 6.07 Å². The number of carbonyl (C=O) groups is 1. The van der Waals surface area contributed by atoms with Crippen molar-refractivity contribution >= 4 is 31.9 Å². The zero-order chi connectivity index (χ0) is 17.7. The molecule has 0 heterocycles. The van der Waals surface area contributed by atoms with E-state index in [0.29, 0.717) is 22.1 Å². The highest BCUT2D eigenvalue weighted by Gasteiger charge is 2.19. The van der Waals surface area contributed by atoms with Crippen LogP contribution in [-0.2, 0) is 16.6 Å². The topological polar surface area (TPSA) is 75.3 Å². The van der Waals surface area contributed by atoms with Gasteiger partial charge >= 0.3 is 0 Å². The summed E-state index contributed by atoms with van der Waals surface area (Å²) in [5.41, 5.74) is 1.14. The predicted molar refractivity (Wildman–Crippen MR) is 92.6 cm³/mol. The molecule has 0 bridgehead atoms. The van der Waals surface area contributed by atoms with E-state index in [1.807, 2.05) is 6.92 Å². The van der Waals surface area contributed by atoms with Crippen LogP contribution in [0.1, 0.15) is 22.8 Å². The molecule has 128 valence electrons. The van der Waals surface area contributed by atoms with E-state index in [1.54, 1.807) is 24.3 Å². The second-order valence-corrected chi connectivity index (χ2v) is 7.61. The Bertz CT molecular complexity index is 839. The monoisotopic (exact) mass is 414 g/mol. The third-order valence-electron chi connectivity index (χ3n) is 3.20. The highest BCUT2D eigenvalue weighted by molar-refractivity contribution is 9.10. The molecule has 0 saturated carbocycles. The number of nitrogens with one attached hydrogen (secondary N) is 2. The van der Waals surface area contributed by atoms with E-state index in [9.17, 15) is 17.6 Å². The fourth-order valence-electron chi connectivity index (χ4n) is 1.98. The maximum absolute atomic E-state index is 13.7. The molecule has 0 radical (unpaired) electrons. The SMILES string of the molecule is CCNC(=O)c1ccc(CNS(=O)(=O)c2cc(Br)ccc2F)cc1. The number of amides is 1. The fourth-order valence-corrected chi connectivity index (χ4v) is 3.61. The number of rotatable bonds is 6. The second kappa shape index (κ2) is 7.87. The van der Waals surface area contributed by atoms with Crippen LogP contribution in [0.3, 0.4) is 0 Å². The number of sulfonamides is 1. The highest BCUT2D eigenvalue weighted by atomic mass is 79.9. The molecule has 0 fully saturated rings. The molecule has 0 atom stereocenters. The maximum atomic E-state index is 13.7. The zero-order valence-corrected chi connectivity index (χ0v) is 15.2. The normalized spacial score (nSPS) is 11.3. The van der Waals surface area contributed by atoms with E-state index in [4.69, 9.17) is 0 Å². The Hall–Kier alpha value is -1.77. The van der Waals surface area contributed by atoms with Gasteiger partial charge in [0.2, 0.25) is 10.0 Å². The molecular weight excluding hydrogens is 399 g/mol. The third-order valence-corrected chi connectivity index (χ3v) is 5.11. The lowest BCUT2D eigenvalue weighted by Gasteiger charge is -2.09. The Morgan fingerprint density at radius 2 is 1.83 bits per heavy atom. The molecule has 8 heteroatoms. The number of hydrogen-bond donors (Lipinski definition) is 2. The summed E-state index contributed by atoms with van der Waals surface area (Å²) < 4.78 is 40.9. The van der Waals surface area contributed by atoms with Gasteiger partial charge < -0.3 is 5.32 Å². The molecule has 2 rings (SSSR count). The van der Waals surface area contributed by atoms with Crippen molar-refractivity contribution in [3.05, 3.63) is 63.9 Å². The smallest absolute Gasteiger partial charge is 0.251 e. The van der Waals surface area contributed by atoms with E-state index in [2.05, 4.69) is 26.0 Å². The summed E-state index contributed by atoms with van der Waals surface area (Å²) in [7, 11) is -3.98. The molecule has 0 aliphatic heterocycles. The molecule has 0 aromatic heterocycles. The van der Waals surface area contributed by atoms with E-state index in [1.165, 1.54) is 12.1 Å². The Morgan fingerprint density at radius 1 is 1.17 bits per heavy atom. The molecule has 0 aliphatic carbocycles. The van der Waals surface area contributed by atoms with Crippen molar-refractivity contribution < 1.29 is 17.6 Å². The number of halogens is 2. The molecular formula is C16H16BrFN2O3S. The predicted octanol–water partition coefficient (Wildman–Crippen LogP) is 2.82. The second-order valence-electron chi connectivity index (χ2n) is 4.96. The quantitative estimate of drug-likeness (QED) is 0.762. The van der Waals surface area contributed by atoms with Crippen LogP contribution in [0, 0.1) is 5.82 Å².